The summed E-state index contributed by atoms with van der Waals surface area (Å²) in [5.74, 6) is -0.132. The van der Waals surface area contributed by atoms with E-state index in [1.807, 2.05) is 13.8 Å². The van der Waals surface area contributed by atoms with Crippen LogP contribution in [0.4, 0.5) is 0 Å². The van der Waals surface area contributed by atoms with E-state index in [0.29, 0.717) is 18.1 Å². The molecule has 0 heterocycles. The number of rotatable bonds is 4. The molecule has 0 radical (unpaired) electrons. The van der Waals surface area contributed by atoms with E-state index < -0.39 is 0 Å². The molecule has 1 aliphatic rings. The van der Waals surface area contributed by atoms with Crippen molar-refractivity contribution in [3.63, 3.8) is 0 Å². The molecule has 0 aromatic carbocycles. The monoisotopic (exact) mass is 227 g/mol. The third-order valence-corrected chi connectivity index (χ3v) is 3.47. The van der Waals surface area contributed by atoms with Crippen molar-refractivity contribution in [3.05, 3.63) is 0 Å². The van der Waals surface area contributed by atoms with E-state index in [4.69, 9.17) is 4.74 Å². The first-order chi connectivity index (χ1) is 7.44. The van der Waals surface area contributed by atoms with Gasteiger partial charge in [-0.25, -0.2) is 0 Å². The Bertz CT molecular complexity index is 228. The average Bonchev–Trinajstić information content (AvgIpc) is 2.21. The highest BCUT2D eigenvalue weighted by atomic mass is 16.5. The minimum absolute atomic E-state index is 0.132. The second-order valence-electron chi connectivity index (χ2n) is 5.58. The van der Waals surface area contributed by atoms with Crippen molar-refractivity contribution < 1.29 is 9.53 Å². The van der Waals surface area contributed by atoms with Gasteiger partial charge in [-0.1, -0.05) is 13.8 Å². The minimum atomic E-state index is -0.175. The largest absolute Gasteiger partial charge is 0.465 e. The Balaban J connectivity index is 2.30. The Labute approximate surface area is 98.9 Å². The van der Waals surface area contributed by atoms with Gasteiger partial charge < -0.3 is 10.1 Å². The molecule has 1 unspecified atom stereocenters. The molecule has 1 fully saturated rings. The zero-order valence-electron chi connectivity index (χ0n) is 11.0. The first-order valence-electron chi connectivity index (χ1n) is 6.37. The second kappa shape index (κ2) is 5.67. The zero-order valence-corrected chi connectivity index (χ0v) is 11.0. The minimum Gasteiger partial charge on any atom is -0.465 e. The standard InChI is InChI=1S/C13H25NO2/c1-5-16-12(15)10(2)14-11-6-8-13(3,4)9-7-11/h10-11,14H,5-9H2,1-4H3. The maximum atomic E-state index is 11.5. The Kier molecular flexibility index (Phi) is 4.78. The van der Waals surface area contributed by atoms with E-state index >= 15 is 0 Å². The lowest BCUT2D eigenvalue weighted by Gasteiger charge is -2.35. The molecule has 1 saturated carbocycles. The topological polar surface area (TPSA) is 38.3 Å². The lowest BCUT2D eigenvalue weighted by molar-refractivity contribution is -0.145. The molecule has 1 N–H and O–H groups in total. The number of hydrogen-bond donors (Lipinski definition) is 1. The van der Waals surface area contributed by atoms with E-state index in [1.54, 1.807) is 0 Å². The fourth-order valence-corrected chi connectivity index (χ4v) is 2.25. The molecule has 0 aromatic heterocycles. The van der Waals surface area contributed by atoms with Gasteiger partial charge in [0.05, 0.1) is 6.61 Å². The Morgan fingerprint density at radius 3 is 2.50 bits per heavy atom. The van der Waals surface area contributed by atoms with Crippen LogP contribution in [0.1, 0.15) is 53.4 Å². The number of carbonyl (C=O) groups is 1. The highest BCUT2D eigenvalue weighted by Crippen LogP contribution is 2.35. The number of esters is 1. The van der Waals surface area contributed by atoms with Crippen LogP contribution in [0.2, 0.25) is 0 Å². The molecule has 0 aliphatic heterocycles. The summed E-state index contributed by atoms with van der Waals surface area (Å²) < 4.78 is 4.98. The summed E-state index contributed by atoms with van der Waals surface area (Å²) in [5.41, 5.74) is 0.478. The summed E-state index contributed by atoms with van der Waals surface area (Å²) in [6.45, 7) is 8.82. The highest BCUT2D eigenvalue weighted by molar-refractivity contribution is 5.75. The van der Waals surface area contributed by atoms with Gasteiger partial charge >= 0.3 is 5.97 Å². The molecule has 0 saturated heterocycles. The summed E-state index contributed by atoms with van der Waals surface area (Å²) in [4.78, 5) is 11.5. The van der Waals surface area contributed by atoms with Crippen LogP contribution in [0.15, 0.2) is 0 Å². The second-order valence-corrected chi connectivity index (χ2v) is 5.58. The summed E-state index contributed by atoms with van der Waals surface area (Å²) in [6, 6.07) is 0.304. The number of carbonyl (C=O) groups excluding carboxylic acids is 1. The fourth-order valence-electron chi connectivity index (χ4n) is 2.25. The van der Waals surface area contributed by atoms with Crippen molar-refractivity contribution in [2.45, 2.75) is 65.5 Å². The molecule has 0 bridgehead atoms. The van der Waals surface area contributed by atoms with Crippen LogP contribution in [-0.4, -0.2) is 24.7 Å². The molecule has 0 aromatic rings. The molecule has 0 amide bonds. The summed E-state index contributed by atoms with van der Waals surface area (Å²) in [7, 11) is 0. The van der Waals surface area contributed by atoms with E-state index in [1.165, 1.54) is 12.8 Å². The average molecular weight is 227 g/mol. The van der Waals surface area contributed by atoms with E-state index in [-0.39, 0.29) is 12.0 Å². The molecule has 0 spiro atoms. The maximum absolute atomic E-state index is 11.5. The third-order valence-electron chi connectivity index (χ3n) is 3.47. The van der Waals surface area contributed by atoms with Gasteiger partial charge in [0.2, 0.25) is 0 Å². The lowest BCUT2D eigenvalue weighted by atomic mass is 9.75. The van der Waals surface area contributed by atoms with Crippen LogP contribution in [0.3, 0.4) is 0 Å². The Hall–Kier alpha value is -0.570. The Morgan fingerprint density at radius 1 is 1.44 bits per heavy atom. The van der Waals surface area contributed by atoms with Crippen LogP contribution < -0.4 is 5.32 Å². The van der Waals surface area contributed by atoms with Gasteiger partial charge in [-0.2, -0.15) is 0 Å². The molecular weight excluding hydrogens is 202 g/mol. The smallest absolute Gasteiger partial charge is 0.322 e. The van der Waals surface area contributed by atoms with Crippen molar-refractivity contribution in [3.8, 4) is 0 Å². The van der Waals surface area contributed by atoms with E-state index in [9.17, 15) is 4.79 Å². The van der Waals surface area contributed by atoms with Gasteiger partial charge in [0.25, 0.3) is 0 Å². The predicted octanol–water partition coefficient (Wildman–Crippen LogP) is 2.50. The predicted molar refractivity (Wildman–Crippen MR) is 65.3 cm³/mol. The van der Waals surface area contributed by atoms with Gasteiger partial charge in [0.1, 0.15) is 6.04 Å². The maximum Gasteiger partial charge on any atom is 0.322 e. The van der Waals surface area contributed by atoms with Crippen LogP contribution in [0.5, 0.6) is 0 Å². The molecule has 1 aliphatic carbocycles. The first kappa shape index (κ1) is 13.5. The number of hydrogen-bond acceptors (Lipinski definition) is 3. The van der Waals surface area contributed by atoms with Crippen molar-refractivity contribution in [2.24, 2.45) is 5.41 Å². The molecule has 94 valence electrons. The number of ether oxygens (including phenoxy) is 1. The van der Waals surface area contributed by atoms with Crippen molar-refractivity contribution in [2.75, 3.05) is 6.61 Å². The third kappa shape index (κ3) is 4.12. The van der Waals surface area contributed by atoms with Gasteiger partial charge in [-0.05, 0) is 44.9 Å². The van der Waals surface area contributed by atoms with Crippen LogP contribution in [0, 0.1) is 5.41 Å². The van der Waals surface area contributed by atoms with Crippen molar-refractivity contribution in [1.82, 2.24) is 5.32 Å². The first-order valence-corrected chi connectivity index (χ1v) is 6.37. The van der Waals surface area contributed by atoms with E-state index in [2.05, 4.69) is 19.2 Å². The highest BCUT2D eigenvalue weighted by Gasteiger charge is 2.28. The van der Waals surface area contributed by atoms with Crippen LogP contribution in [0.25, 0.3) is 0 Å². The Morgan fingerprint density at radius 2 is 2.00 bits per heavy atom. The van der Waals surface area contributed by atoms with Crippen LogP contribution in [-0.2, 0) is 9.53 Å². The molecule has 16 heavy (non-hydrogen) atoms. The molecular formula is C13H25NO2. The van der Waals surface area contributed by atoms with Gasteiger partial charge in [0.15, 0.2) is 0 Å². The summed E-state index contributed by atoms with van der Waals surface area (Å²) in [5, 5.41) is 3.37. The molecule has 1 rings (SSSR count). The van der Waals surface area contributed by atoms with E-state index in [0.717, 1.165) is 12.8 Å². The quantitative estimate of drug-likeness (QED) is 0.750. The van der Waals surface area contributed by atoms with Crippen molar-refractivity contribution in [1.29, 1.82) is 0 Å². The molecule has 3 nitrogen and oxygen atoms in total. The van der Waals surface area contributed by atoms with Crippen molar-refractivity contribution >= 4 is 5.97 Å². The SMILES string of the molecule is CCOC(=O)C(C)NC1CCC(C)(C)CC1. The summed E-state index contributed by atoms with van der Waals surface area (Å²) >= 11 is 0. The van der Waals surface area contributed by atoms with Gasteiger partial charge in [-0.15, -0.1) is 0 Å². The normalized spacial score (nSPS) is 22.8. The van der Waals surface area contributed by atoms with Gasteiger partial charge in [0, 0.05) is 6.04 Å². The van der Waals surface area contributed by atoms with Gasteiger partial charge in [-0.3, -0.25) is 4.79 Å². The number of nitrogens with one attached hydrogen (secondary N) is 1. The fraction of sp³-hybridized carbons (Fsp3) is 0.923. The molecule has 3 heteroatoms. The van der Waals surface area contributed by atoms with Crippen LogP contribution >= 0.6 is 0 Å². The molecule has 1 atom stereocenters. The zero-order chi connectivity index (χ0) is 12.2. The summed E-state index contributed by atoms with van der Waals surface area (Å²) in [6.07, 6.45) is 4.80. The lowest BCUT2D eigenvalue weighted by Crippen LogP contribution is -2.44.